The van der Waals surface area contributed by atoms with E-state index in [2.05, 4.69) is 24.1 Å². The zero-order valence-corrected chi connectivity index (χ0v) is 12.1. The first-order valence-electron chi connectivity index (χ1n) is 6.88. The second-order valence-electron chi connectivity index (χ2n) is 5.55. The first-order chi connectivity index (χ1) is 8.65. The molecule has 1 aliphatic rings. The minimum atomic E-state index is 0.751. The second-order valence-corrected chi connectivity index (χ2v) is 5.99. The van der Waals surface area contributed by atoms with E-state index >= 15 is 0 Å². The van der Waals surface area contributed by atoms with E-state index in [-0.39, 0.29) is 0 Å². The van der Waals surface area contributed by atoms with E-state index in [1.807, 2.05) is 24.3 Å². The summed E-state index contributed by atoms with van der Waals surface area (Å²) < 4.78 is 0. The fraction of sp³-hybridized carbons (Fsp3) is 0.600. The predicted molar refractivity (Wildman–Crippen MR) is 79.4 cm³/mol. The number of benzene rings is 1. The van der Waals surface area contributed by atoms with Crippen LogP contribution in [0.15, 0.2) is 24.3 Å². The van der Waals surface area contributed by atoms with Crippen LogP contribution < -0.4 is 5.32 Å². The van der Waals surface area contributed by atoms with Gasteiger partial charge in [-0.1, -0.05) is 25.4 Å². The van der Waals surface area contributed by atoms with Crippen molar-refractivity contribution in [1.82, 2.24) is 4.90 Å². The Kier molecular flexibility index (Phi) is 4.90. The molecule has 0 aromatic heterocycles. The van der Waals surface area contributed by atoms with Crippen LogP contribution in [0.5, 0.6) is 0 Å². The first kappa shape index (κ1) is 13.7. The smallest absolute Gasteiger partial charge is 0.0407 e. The molecule has 0 amide bonds. The van der Waals surface area contributed by atoms with E-state index in [9.17, 15) is 0 Å². The van der Waals surface area contributed by atoms with E-state index in [0.717, 1.165) is 35.8 Å². The molecule has 2 rings (SSSR count). The molecule has 1 fully saturated rings. The normalized spacial score (nSPS) is 15.4. The van der Waals surface area contributed by atoms with Gasteiger partial charge in [0.2, 0.25) is 0 Å². The first-order valence-corrected chi connectivity index (χ1v) is 7.26. The van der Waals surface area contributed by atoms with Crippen molar-refractivity contribution in [2.24, 2.45) is 5.92 Å². The minimum absolute atomic E-state index is 0.751. The van der Waals surface area contributed by atoms with E-state index in [1.165, 1.54) is 19.4 Å². The number of halogens is 1. The highest BCUT2D eigenvalue weighted by molar-refractivity contribution is 6.30. The summed E-state index contributed by atoms with van der Waals surface area (Å²) in [6, 6.07) is 8.77. The highest BCUT2D eigenvalue weighted by Gasteiger charge is 2.28. The van der Waals surface area contributed by atoms with Crippen molar-refractivity contribution >= 4 is 17.3 Å². The molecule has 2 nitrogen and oxygen atoms in total. The summed E-state index contributed by atoms with van der Waals surface area (Å²) >= 11 is 5.87. The number of nitrogens with zero attached hydrogens (tertiary/aromatic N) is 1. The van der Waals surface area contributed by atoms with Gasteiger partial charge in [0.15, 0.2) is 0 Å². The van der Waals surface area contributed by atoms with E-state index < -0.39 is 0 Å². The van der Waals surface area contributed by atoms with Crippen molar-refractivity contribution < 1.29 is 0 Å². The average molecular weight is 267 g/mol. The predicted octanol–water partition coefficient (Wildman–Crippen LogP) is 3.87. The summed E-state index contributed by atoms with van der Waals surface area (Å²) in [5, 5.41) is 4.25. The topological polar surface area (TPSA) is 15.3 Å². The molecule has 0 aliphatic heterocycles. The molecule has 0 heterocycles. The van der Waals surface area contributed by atoms with Gasteiger partial charge in [0.25, 0.3) is 0 Å². The standard InChI is InChI=1S/C15H23ClN2/c1-12(2)11-18(15-7-8-15)10-9-17-14-5-3-13(16)4-6-14/h3-6,12,15,17H,7-11H2,1-2H3. The van der Waals surface area contributed by atoms with Gasteiger partial charge in [0.1, 0.15) is 0 Å². The van der Waals surface area contributed by atoms with Gasteiger partial charge in [-0.05, 0) is 43.0 Å². The number of anilines is 1. The third-order valence-electron chi connectivity index (χ3n) is 3.24. The van der Waals surface area contributed by atoms with E-state index in [4.69, 9.17) is 11.6 Å². The highest BCUT2D eigenvalue weighted by Crippen LogP contribution is 2.27. The van der Waals surface area contributed by atoms with Gasteiger partial charge >= 0.3 is 0 Å². The third-order valence-corrected chi connectivity index (χ3v) is 3.49. The Morgan fingerprint density at radius 3 is 2.50 bits per heavy atom. The van der Waals surface area contributed by atoms with Gasteiger partial charge in [-0.15, -0.1) is 0 Å². The zero-order chi connectivity index (χ0) is 13.0. The van der Waals surface area contributed by atoms with Crippen LogP contribution in [-0.2, 0) is 0 Å². The second kappa shape index (κ2) is 6.44. The molecular weight excluding hydrogens is 244 g/mol. The molecule has 0 unspecified atom stereocenters. The zero-order valence-electron chi connectivity index (χ0n) is 11.3. The third kappa shape index (κ3) is 4.51. The lowest BCUT2D eigenvalue weighted by molar-refractivity contribution is 0.243. The molecule has 1 aliphatic carbocycles. The lowest BCUT2D eigenvalue weighted by Crippen LogP contribution is -2.34. The lowest BCUT2D eigenvalue weighted by atomic mass is 10.2. The van der Waals surface area contributed by atoms with Crippen molar-refractivity contribution in [1.29, 1.82) is 0 Å². The van der Waals surface area contributed by atoms with Crippen molar-refractivity contribution in [3.05, 3.63) is 29.3 Å². The number of nitrogens with one attached hydrogen (secondary N) is 1. The van der Waals surface area contributed by atoms with Crippen molar-refractivity contribution in [3.63, 3.8) is 0 Å². The maximum absolute atomic E-state index is 5.87. The van der Waals surface area contributed by atoms with E-state index in [0.29, 0.717) is 0 Å². The Morgan fingerprint density at radius 1 is 1.28 bits per heavy atom. The summed E-state index contributed by atoms with van der Waals surface area (Å²) in [7, 11) is 0. The fourth-order valence-electron chi connectivity index (χ4n) is 2.24. The van der Waals surface area contributed by atoms with Gasteiger partial charge in [-0.3, -0.25) is 4.90 Å². The summed E-state index contributed by atoms with van der Waals surface area (Å²) in [4.78, 5) is 2.62. The molecule has 0 bridgehead atoms. The van der Waals surface area contributed by atoms with Gasteiger partial charge in [0.05, 0.1) is 0 Å². The van der Waals surface area contributed by atoms with Crippen LogP contribution >= 0.6 is 11.6 Å². The minimum Gasteiger partial charge on any atom is -0.384 e. The number of hydrogen-bond donors (Lipinski definition) is 1. The summed E-state index contributed by atoms with van der Waals surface area (Å²) in [6.45, 7) is 7.94. The molecule has 100 valence electrons. The molecule has 0 spiro atoms. The summed E-state index contributed by atoms with van der Waals surface area (Å²) in [5.74, 6) is 0.751. The van der Waals surface area contributed by atoms with Crippen molar-refractivity contribution in [2.75, 3.05) is 25.0 Å². The Bertz CT molecular complexity index is 357. The van der Waals surface area contributed by atoms with Crippen LogP contribution in [0, 0.1) is 5.92 Å². The fourth-order valence-corrected chi connectivity index (χ4v) is 2.37. The molecule has 0 saturated heterocycles. The molecule has 0 radical (unpaired) electrons. The molecule has 1 aromatic rings. The quantitative estimate of drug-likeness (QED) is 0.806. The maximum atomic E-state index is 5.87. The van der Waals surface area contributed by atoms with Crippen LogP contribution in [0.4, 0.5) is 5.69 Å². The highest BCUT2D eigenvalue weighted by atomic mass is 35.5. The van der Waals surface area contributed by atoms with Gasteiger partial charge < -0.3 is 5.32 Å². The molecule has 1 saturated carbocycles. The Hall–Kier alpha value is -0.730. The number of rotatable bonds is 7. The van der Waals surface area contributed by atoms with Gasteiger partial charge in [-0.25, -0.2) is 0 Å². The summed E-state index contributed by atoms with van der Waals surface area (Å²) in [5.41, 5.74) is 1.15. The molecular formula is C15H23ClN2. The SMILES string of the molecule is CC(C)CN(CCNc1ccc(Cl)cc1)C1CC1. The molecule has 0 atom stereocenters. The Balaban J connectivity index is 1.74. The van der Waals surface area contributed by atoms with Crippen LogP contribution in [0.1, 0.15) is 26.7 Å². The Labute approximate surface area is 115 Å². The Morgan fingerprint density at radius 2 is 1.94 bits per heavy atom. The van der Waals surface area contributed by atoms with Crippen molar-refractivity contribution in [3.8, 4) is 0 Å². The lowest BCUT2D eigenvalue weighted by Gasteiger charge is -2.24. The van der Waals surface area contributed by atoms with Crippen LogP contribution in [0.3, 0.4) is 0 Å². The number of hydrogen-bond acceptors (Lipinski definition) is 2. The molecule has 3 heteroatoms. The largest absolute Gasteiger partial charge is 0.384 e. The van der Waals surface area contributed by atoms with Crippen LogP contribution in [-0.4, -0.2) is 30.6 Å². The van der Waals surface area contributed by atoms with Gasteiger partial charge in [0, 0.05) is 36.4 Å². The molecule has 18 heavy (non-hydrogen) atoms. The average Bonchev–Trinajstić information content (AvgIpc) is 3.14. The van der Waals surface area contributed by atoms with Crippen LogP contribution in [0.2, 0.25) is 5.02 Å². The van der Waals surface area contributed by atoms with E-state index in [1.54, 1.807) is 0 Å². The summed E-state index contributed by atoms with van der Waals surface area (Å²) in [6.07, 6.45) is 2.77. The van der Waals surface area contributed by atoms with Gasteiger partial charge in [-0.2, -0.15) is 0 Å². The monoisotopic (exact) mass is 266 g/mol. The molecule has 1 N–H and O–H groups in total. The van der Waals surface area contributed by atoms with Crippen LogP contribution in [0.25, 0.3) is 0 Å². The molecule has 1 aromatic carbocycles. The van der Waals surface area contributed by atoms with Crippen molar-refractivity contribution in [2.45, 2.75) is 32.7 Å². The maximum Gasteiger partial charge on any atom is 0.0407 e.